The van der Waals surface area contributed by atoms with Gasteiger partial charge in [-0.15, -0.1) is 0 Å². The number of nitrogens with one attached hydrogen (secondary N) is 2. The lowest BCUT2D eigenvalue weighted by Crippen LogP contribution is -2.42. The Morgan fingerprint density at radius 3 is 2.71 bits per heavy atom. The first-order valence-electron chi connectivity index (χ1n) is 8.52. The predicted octanol–water partition coefficient (Wildman–Crippen LogP) is 2.44. The number of guanidine groups is 1. The largest absolute Gasteiger partial charge is 0.497 e. The van der Waals surface area contributed by atoms with Crippen LogP contribution in [0.4, 0.5) is 0 Å². The summed E-state index contributed by atoms with van der Waals surface area (Å²) in [4.78, 5) is 4.19. The van der Waals surface area contributed by atoms with Gasteiger partial charge >= 0.3 is 0 Å². The van der Waals surface area contributed by atoms with E-state index in [9.17, 15) is 0 Å². The average Bonchev–Trinajstić information content (AvgIpc) is 2.60. The summed E-state index contributed by atoms with van der Waals surface area (Å²) in [5.41, 5.74) is 0. The lowest BCUT2D eigenvalue weighted by molar-refractivity contribution is 0.136. The van der Waals surface area contributed by atoms with Gasteiger partial charge in [-0.05, 0) is 25.5 Å². The molecule has 0 aliphatic heterocycles. The number of rotatable bonds is 11. The van der Waals surface area contributed by atoms with Crippen LogP contribution in [0, 0.1) is 0 Å². The summed E-state index contributed by atoms with van der Waals surface area (Å²) in [7, 11) is 3.40. The van der Waals surface area contributed by atoms with Crippen molar-refractivity contribution in [1.29, 1.82) is 0 Å². The van der Waals surface area contributed by atoms with E-state index in [1.165, 1.54) is 0 Å². The Morgan fingerprint density at radius 1 is 1.21 bits per heavy atom. The second-order valence-electron chi connectivity index (χ2n) is 5.45. The maximum atomic E-state index is 5.87. The molecule has 0 amide bonds. The molecule has 0 spiro atoms. The number of methoxy groups -OCH3 is 1. The van der Waals surface area contributed by atoms with Crippen molar-refractivity contribution in [3.8, 4) is 11.5 Å². The zero-order valence-corrected chi connectivity index (χ0v) is 15.3. The van der Waals surface area contributed by atoms with Crippen LogP contribution in [0.2, 0.25) is 0 Å². The molecule has 1 atom stereocenters. The molecule has 0 fully saturated rings. The van der Waals surface area contributed by atoms with Crippen molar-refractivity contribution in [1.82, 2.24) is 10.6 Å². The van der Waals surface area contributed by atoms with Crippen molar-refractivity contribution >= 4 is 5.96 Å². The molecular weight excluding hydrogens is 306 g/mol. The van der Waals surface area contributed by atoms with Gasteiger partial charge in [-0.3, -0.25) is 4.99 Å². The fourth-order valence-electron chi connectivity index (χ4n) is 2.00. The first kappa shape index (κ1) is 20.1. The van der Waals surface area contributed by atoms with Crippen molar-refractivity contribution in [3.63, 3.8) is 0 Å². The van der Waals surface area contributed by atoms with E-state index in [0.29, 0.717) is 13.2 Å². The highest BCUT2D eigenvalue weighted by Crippen LogP contribution is 2.19. The van der Waals surface area contributed by atoms with Gasteiger partial charge in [-0.1, -0.05) is 19.4 Å². The summed E-state index contributed by atoms with van der Waals surface area (Å²) >= 11 is 0. The van der Waals surface area contributed by atoms with Gasteiger partial charge < -0.3 is 24.8 Å². The van der Waals surface area contributed by atoms with Gasteiger partial charge in [-0.25, -0.2) is 0 Å². The fourth-order valence-corrected chi connectivity index (χ4v) is 2.00. The van der Waals surface area contributed by atoms with Gasteiger partial charge in [0.2, 0.25) is 0 Å². The molecule has 0 aliphatic carbocycles. The predicted molar refractivity (Wildman–Crippen MR) is 98.2 cm³/mol. The van der Waals surface area contributed by atoms with Gasteiger partial charge in [0, 0.05) is 26.3 Å². The van der Waals surface area contributed by atoms with Crippen molar-refractivity contribution in [2.45, 2.75) is 32.8 Å². The molecule has 0 aliphatic rings. The van der Waals surface area contributed by atoms with Gasteiger partial charge in [0.05, 0.1) is 20.3 Å². The minimum Gasteiger partial charge on any atom is -0.497 e. The van der Waals surface area contributed by atoms with Crippen LogP contribution in [-0.4, -0.2) is 52.5 Å². The van der Waals surface area contributed by atoms with Gasteiger partial charge in [0.1, 0.15) is 17.6 Å². The molecule has 0 radical (unpaired) electrons. The quantitative estimate of drug-likeness (QED) is 0.369. The van der Waals surface area contributed by atoms with Crippen LogP contribution in [0.15, 0.2) is 29.3 Å². The number of hydrogen-bond acceptors (Lipinski definition) is 4. The maximum Gasteiger partial charge on any atom is 0.191 e. The molecule has 0 heterocycles. The minimum absolute atomic E-state index is 0.00328. The summed E-state index contributed by atoms with van der Waals surface area (Å²) in [6, 6.07) is 7.59. The molecule has 1 unspecified atom stereocenters. The van der Waals surface area contributed by atoms with Crippen LogP contribution in [-0.2, 0) is 4.74 Å². The van der Waals surface area contributed by atoms with Crippen LogP contribution in [0.25, 0.3) is 0 Å². The molecule has 1 rings (SSSR count). The number of benzene rings is 1. The van der Waals surface area contributed by atoms with Crippen LogP contribution >= 0.6 is 0 Å². The molecule has 0 aromatic heterocycles. The molecule has 24 heavy (non-hydrogen) atoms. The third kappa shape index (κ3) is 8.62. The molecule has 0 saturated heterocycles. The van der Waals surface area contributed by atoms with Crippen LogP contribution in [0.5, 0.6) is 11.5 Å². The number of aliphatic imine (C=N–C) groups is 1. The molecule has 0 saturated carbocycles. The summed E-state index contributed by atoms with van der Waals surface area (Å²) in [5, 5.41) is 6.47. The van der Waals surface area contributed by atoms with Gasteiger partial charge in [-0.2, -0.15) is 0 Å². The molecule has 1 aromatic rings. The Bertz CT molecular complexity index is 480. The van der Waals surface area contributed by atoms with E-state index in [1.54, 1.807) is 14.2 Å². The molecule has 6 heteroatoms. The zero-order valence-electron chi connectivity index (χ0n) is 15.3. The maximum absolute atomic E-state index is 5.87. The van der Waals surface area contributed by atoms with Crippen LogP contribution in [0.1, 0.15) is 26.7 Å². The van der Waals surface area contributed by atoms with Crippen molar-refractivity contribution in [2.75, 3.05) is 40.5 Å². The van der Waals surface area contributed by atoms with E-state index in [4.69, 9.17) is 14.2 Å². The average molecular weight is 337 g/mol. The topological polar surface area (TPSA) is 64.1 Å². The van der Waals surface area contributed by atoms with E-state index >= 15 is 0 Å². The normalized spacial score (nSPS) is 12.6. The van der Waals surface area contributed by atoms with Crippen LogP contribution in [0.3, 0.4) is 0 Å². The fraction of sp³-hybridized carbons (Fsp3) is 0.611. The zero-order chi connectivity index (χ0) is 17.6. The van der Waals surface area contributed by atoms with E-state index < -0.39 is 0 Å². The monoisotopic (exact) mass is 337 g/mol. The Morgan fingerprint density at radius 2 is 2.00 bits per heavy atom. The van der Waals surface area contributed by atoms with Gasteiger partial charge in [0.15, 0.2) is 5.96 Å². The standard InChI is InChI=1S/C18H31N3O3/c1-5-6-11-23-12-10-20-18(19-3)21-14-15(2)24-17-9-7-8-16(13-17)22-4/h7-9,13,15H,5-6,10-12,14H2,1-4H3,(H2,19,20,21). The van der Waals surface area contributed by atoms with E-state index in [2.05, 4.69) is 22.5 Å². The molecule has 6 nitrogen and oxygen atoms in total. The second-order valence-corrected chi connectivity index (χ2v) is 5.45. The van der Waals surface area contributed by atoms with E-state index in [1.807, 2.05) is 31.2 Å². The van der Waals surface area contributed by atoms with Crippen LogP contribution < -0.4 is 20.1 Å². The Kier molecular flexibility index (Phi) is 10.4. The molecule has 2 N–H and O–H groups in total. The van der Waals surface area contributed by atoms with Gasteiger partial charge in [0.25, 0.3) is 0 Å². The highest BCUT2D eigenvalue weighted by molar-refractivity contribution is 5.79. The van der Waals surface area contributed by atoms with Crippen molar-refractivity contribution in [2.24, 2.45) is 4.99 Å². The molecule has 136 valence electrons. The smallest absolute Gasteiger partial charge is 0.191 e. The molecular formula is C18H31N3O3. The molecule has 1 aromatic carbocycles. The number of nitrogens with zero attached hydrogens (tertiary/aromatic N) is 1. The van der Waals surface area contributed by atoms with E-state index in [0.717, 1.165) is 43.5 Å². The number of unbranched alkanes of at least 4 members (excludes halogenated alkanes) is 1. The number of hydrogen-bond donors (Lipinski definition) is 2. The minimum atomic E-state index is -0.00328. The van der Waals surface area contributed by atoms with Crippen molar-refractivity contribution in [3.05, 3.63) is 24.3 Å². The highest BCUT2D eigenvalue weighted by atomic mass is 16.5. The second kappa shape index (κ2) is 12.5. The number of ether oxygens (including phenoxy) is 3. The SMILES string of the molecule is CCCCOCCNC(=NC)NCC(C)Oc1cccc(OC)c1. The lowest BCUT2D eigenvalue weighted by atomic mass is 10.3. The highest BCUT2D eigenvalue weighted by Gasteiger charge is 2.06. The Labute approximate surface area is 145 Å². The van der Waals surface area contributed by atoms with Crippen molar-refractivity contribution < 1.29 is 14.2 Å². The van der Waals surface area contributed by atoms with E-state index in [-0.39, 0.29) is 6.10 Å². The Balaban J connectivity index is 2.24. The summed E-state index contributed by atoms with van der Waals surface area (Å²) in [5.74, 6) is 2.32. The third-order valence-corrected chi connectivity index (χ3v) is 3.34. The summed E-state index contributed by atoms with van der Waals surface area (Å²) < 4.78 is 16.6. The summed E-state index contributed by atoms with van der Waals surface area (Å²) in [6.45, 7) is 7.03. The summed E-state index contributed by atoms with van der Waals surface area (Å²) in [6.07, 6.45) is 2.25. The lowest BCUT2D eigenvalue weighted by Gasteiger charge is -2.18. The third-order valence-electron chi connectivity index (χ3n) is 3.34. The molecule has 0 bridgehead atoms. The first-order chi connectivity index (χ1) is 11.7. The Hall–Kier alpha value is -1.95. The first-order valence-corrected chi connectivity index (χ1v) is 8.52.